The molecule has 0 amide bonds. The molecule has 0 aliphatic heterocycles. The van der Waals surface area contributed by atoms with Crippen molar-refractivity contribution < 1.29 is 4.21 Å². The van der Waals surface area contributed by atoms with E-state index in [9.17, 15) is 4.21 Å². The van der Waals surface area contributed by atoms with E-state index in [4.69, 9.17) is 11.6 Å². The molecule has 2 nitrogen and oxygen atoms in total. The molecule has 0 radical (unpaired) electrons. The van der Waals surface area contributed by atoms with Crippen LogP contribution in [0.3, 0.4) is 0 Å². The van der Waals surface area contributed by atoms with Gasteiger partial charge in [0, 0.05) is 21.7 Å². The predicted molar refractivity (Wildman–Crippen MR) is 70.5 cm³/mol. The van der Waals surface area contributed by atoms with E-state index in [1.807, 2.05) is 12.1 Å². The van der Waals surface area contributed by atoms with Crippen LogP contribution in [0, 0.1) is 0 Å². The number of benzene rings is 1. The minimum absolute atomic E-state index is 0.264. The van der Waals surface area contributed by atoms with Crippen molar-refractivity contribution in [1.29, 1.82) is 0 Å². The van der Waals surface area contributed by atoms with E-state index < -0.39 is 10.8 Å². The second kappa shape index (κ2) is 7.05. The largest absolute Gasteiger partial charge is 0.313 e. The van der Waals surface area contributed by atoms with Crippen molar-refractivity contribution in [2.45, 2.75) is 31.2 Å². The second-order valence-corrected chi connectivity index (χ2v) is 5.76. The summed E-state index contributed by atoms with van der Waals surface area (Å²) >= 11 is 5.86. The highest BCUT2D eigenvalue weighted by molar-refractivity contribution is 7.85. The lowest BCUT2D eigenvalue weighted by Crippen LogP contribution is -2.31. The van der Waals surface area contributed by atoms with Crippen LogP contribution in [-0.4, -0.2) is 22.5 Å². The number of halogens is 1. The van der Waals surface area contributed by atoms with Crippen LogP contribution in [0.15, 0.2) is 29.2 Å². The Hall–Kier alpha value is -0.380. The second-order valence-electron chi connectivity index (χ2n) is 3.82. The molecule has 2 unspecified atom stereocenters. The molecule has 0 fully saturated rings. The summed E-state index contributed by atoms with van der Waals surface area (Å²) in [4.78, 5) is 0.803. The first kappa shape index (κ1) is 13.7. The van der Waals surface area contributed by atoms with Crippen molar-refractivity contribution in [3.8, 4) is 0 Å². The van der Waals surface area contributed by atoms with Crippen molar-refractivity contribution in [2.75, 3.05) is 12.3 Å². The molecular weight excluding hydrogens is 242 g/mol. The van der Waals surface area contributed by atoms with Crippen molar-refractivity contribution in [3.05, 3.63) is 29.3 Å². The first-order valence-electron chi connectivity index (χ1n) is 5.50. The molecule has 0 saturated carbocycles. The summed E-state index contributed by atoms with van der Waals surface area (Å²) in [5, 5.41) is 3.96. The summed E-state index contributed by atoms with van der Waals surface area (Å²) < 4.78 is 12.0. The molecule has 0 heterocycles. The Morgan fingerprint density at radius 3 is 2.88 bits per heavy atom. The van der Waals surface area contributed by atoms with Crippen LogP contribution >= 0.6 is 11.6 Å². The fourth-order valence-corrected chi connectivity index (χ4v) is 2.89. The zero-order valence-electron chi connectivity index (χ0n) is 9.70. The van der Waals surface area contributed by atoms with E-state index in [0.29, 0.717) is 10.8 Å². The Labute approximate surface area is 105 Å². The van der Waals surface area contributed by atoms with Crippen LogP contribution < -0.4 is 5.32 Å². The molecule has 90 valence electrons. The lowest BCUT2D eigenvalue weighted by molar-refractivity contribution is 0.582. The fraction of sp³-hybridized carbons (Fsp3) is 0.500. The van der Waals surface area contributed by atoms with Gasteiger partial charge in [-0.1, -0.05) is 24.6 Å². The van der Waals surface area contributed by atoms with Gasteiger partial charge in [0.05, 0.1) is 10.8 Å². The molecule has 2 atom stereocenters. The minimum atomic E-state index is -0.974. The van der Waals surface area contributed by atoms with Crippen LogP contribution in [0.5, 0.6) is 0 Å². The lowest BCUT2D eigenvalue weighted by atomic mass is 10.3. The van der Waals surface area contributed by atoms with E-state index in [0.717, 1.165) is 17.9 Å². The van der Waals surface area contributed by atoms with Gasteiger partial charge in [-0.2, -0.15) is 0 Å². The van der Waals surface area contributed by atoms with E-state index in [-0.39, 0.29) is 6.04 Å². The third kappa shape index (κ3) is 4.64. The average molecular weight is 260 g/mol. The Balaban J connectivity index is 2.52. The van der Waals surface area contributed by atoms with Crippen molar-refractivity contribution >= 4 is 22.4 Å². The van der Waals surface area contributed by atoms with Gasteiger partial charge in [-0.05, 0) is 38.1 Å². The highest BCUT2D eigenvalue weighted by Gasteiger charge is 2.09. The predicted octanol–water partition coefficient (Wildman–Crippen LogP) is 2.84. The Kier molecular flexibility index (Phi) is 6.03. The molecule has 0 bridgehead atoms. The van der Waals surface area contributed by atoms with Crippen molar-refractivity contribution in [1.82, 2.24) is 5.32 Å². The highest BCUT2D eigenvalue weighted by Crippen LogP contribution is 2.14. The monoisotopic (exact) mass is 259 g/mol. The topological polar surface area (TPSA) is 29.1 Å². The van der Waals surface area contributed by atoms with Gasteiger partial charge in [-0.3, -0.25) is 4.21 Å². The Morgan fingerprint density at radius 1 is 1.50 bits per heavy atom. The first-order valence-corrected chi connectivity index (χ1v) is 7.20. The summed E-state index contributed by atoms with van der Waals surface area (Å²) in [6.07, 6.45) is 1.09. The lowest BCUT2D eigenvalue weighted by Gasteiger charge is -2.12. The summed E-state index contributed by atoms with van der Waals surface area (Å²) in [6, 6.07) is 7.51. The summed E-state index contributed by atoms with van der Waals surface area (Å²) in [5.74, 6) is 0.625. The third-order valence-corrected chi connectivity index (χ3v) is 4.02. The number of hydrogen-bond donors (Lipinski definition) is 1. The van der Waals surface area contributed by atoms with Crippen LogP contribution in [0.1, 0.15) is 20.3 Å². The fourth-order valence-electron chi connectivity index (χ4n) is 1.38. The van der Waals surface area contributed by atoms with Crippen LogP contribution in [0.2, 0.25) is 5.02 Å². The van der Waals surface area contributed by atoms with E-state index in [2.05, 4.69) is 19.2 Å². The molecule has 16 heavy (non-hydrogen) atoms. The Morgan fingerprint density at radius 2 is 2.25 bits per heavy atom. The zero-order chi connectivity index (χ0) is 12.0. The van der Waals surface area contributed by atoms with Crippen LogP contribution in [0.25, 0.3) is 0 Å². The summed E-state index contributed by atoms with van der Waals surface area (Å²) in [5.41, 5.74) is 0. The van der Waals surface area contributed by atoms with Gasteiger partial charge in [0.2, 0.25) is 0 Å². The van der Waals surface area contributed by atoms with Gasteiger partial charge >= 0.3 is 0 Å². The number of hydrogen-bond acceptors (Lipinski definition) is 2. The van der Waals surface area contributed by atoms with Crippen molar-refractivity contribution in [3.63, 3.8) is 0 Å². The molecular formula is C12H18ClNOS. The molecule has 0 saturated heterocycles. The molecule has 1 rings (SSSR count). The number of nitrogens with one attached hydrogen (secondary N) is 1. The summed E-state index contributed by atoms with van der Waals surface area (Å²) in [7, 11) is -0.974. The quantitative estimate of drug-likeness (QED) is 0.851. The molecule has 0 spiro atoms. The maximum atomic E-state index is 12.0. The molecule has 4 heteroatoms. The van der Waals surface area contributed by atoms with Gasteiger partial charge in [-0.25, -0.2) is 0 Å². The maximum Gasteiger partial charge on any atom is 0.0545 e. The van der Waals surface area contributed by atoms with Crippen LogP contribution in [-0.2, 0) is 10.8 Å². The molecule has 1 aromatic rings. The maximum absolute atomic E-state index is 12.0. The SMILES string of the molecule is CCCNC(C)CS(=O)c1cccc(Cl)c1. The smallest absolute Gasteiger partial charge is 0.0545 e. The van der Waals surface area contributed by atoms with Crippen LogP contribution in [0.4, 0.5) is 0 Å². The molecule has 0 aliphatic rings. The highest BCUT2D eigenvalue weighted by atomic mass is 35.5. The van der Waals surface area contributed by atoms with Crippen molar-refractivity contribution in [2.24, 2.45) is 0 Å². The van der Waals surface area contributed by atoms with Gasteiger partial charge < -0.3 is 5.32 Å². The Bertz CT molecular complexity index is 357. The molecule has 0 aromatic heterocycles. The average Bonchev–Trinajstić information content (AvgIpc) is 2.26. The van der Waals surface area contributed by atoms with E-state index in [1.165, 1.54) is 0 Å². The summed E-state index contributed by atoms with van der Waals surface area (Å²) in [6.45, 7) is 5.14. The minimum Gasteiger partial charge on any atom is -0.313 e. The third-order valence-electron chi connectivity index (χ3n) is 2.20. The van der Waals surface area contributed by atoms with Gasteiger partial charge in [0.25, 0.3) is 0 Å². The zero-order valence-corrected chi connectivity index (χ0v) is 11.3. The first-order chi connectivity index (χ1) is 7.63. The molecule has 1 aromatic carbocycles. The molecule has 0 aliphatic carbocycles. The standard InChI is InChI=1S/C12H18ClNOS/c1-3-7-14-10(2)9-16(15)12-6-4-5-11(13)8-12/h4-6,8,10,14H,3,7,9H2,1-2H3. The van der Waals surface area contributed by atoms with E-state index in [1.54, 1.807) is 12.1 Å². The van der Waals surface area contributed by atoms with Gasteiger partial charge in [0.1, 0.15) is 0 Å². The van der Waals surface area contributed by atoms with Gasteiger partial charge in [-0.15, -0.1) is 0 Å². The van der Waals surface area contributed by atoms with E-state index >= 15 is 0 Å². The number of rotatable bonds is 6. The normalized spacial score (nSPS) is 14.7. The van der Waals surface area contributed by atoms with Gasteiger partial charge in [0.15, 0.2) is 0 Å². The molecule has 1 N–H and O–H groups in total.